The Bertz CT molecular complexity index is 881. The van der Waals surface area contributed by atoms with Crippen LogP contribution in [0.2, 0.25) is 0 Å². The van der Waals surface area contributed by atoms with Gasteiger partial charge in [-0.15, -0.1) is 21.5 Å². The molecule has 0 aromatic carbocycles. The van der Waals surface area contributed by atoms with Gasteiger partial charge in [0.1, 0.15) is 0 Å². The summed E-state index contributed by atoms with van der Waals surface area (Å²) in [5.74, 6) is 1.04. The molecule has 3 rings (SSSR count). The zero-order valence-electron chi connectivity index (χ0n) is 14.6. The Hall–Kier alpha value is -2.13. The number of thioether (sulfide) groups is 1. The van der Waals surface area contributed by atoms with Crippen molar-refractivity contribution in [3.63, 3.8) is 0 Å². The summed E-state index contributed by atoms with van der Waals surface area (Å²) in [7, 11) is 1.86. The molecule has 3 aromatic rings. The Balaban J connectivity index is 1.68. The molecule has 0 saturated carbocycles. The number of aromatic nitrogens is 5. The highest BCUT2D eigenvalue weighted by Gasteiger charge is 2.17. The van der Waals surface area contributed by atoms with Gasteiger partial charge in [-0.3, -0.25) is 9.48 Å². The van der Waals surface area contributed by atoms with Gasteiger partial charge in [0.25, 0.3) is 0 Å². The van der Waals surface area contributed by atoms with Gasteiger partial charge in [-0.2, -0.15) is 5.10 Å². The lowest BCUT2D eigenvalue weighted by atomic mass is 10.3. The van der Waals surface area contributed by atoms with Crippen LogP contribution in [0.25, 0.3) is 10.7 Å². The molecule has 3 aromatic heterocycles. The van der Waals surface area contributed by atoms with Crippen LogP contribution in [0.5, 0.6) is 0 Å². The average molecular weight is 377 g/mol. The summed E-state index contributed by atoms with van der Waals surface area (Å²) in [5, 5.41) is 18.5. The molecule has 0 saturated heterocycles. The second kappa shape index (κ2) is 7.40. The number of amides is 1. The minimum atomic E-state index is -0.0764. The summed E-state index contributed by atoms with van der Waals surface area (Å²) in [5.41, 5.74) is 2.53. The number of hydrogen-bond acceptors (Lipinski definition) is 6. The van der Waals surface area contributed by atoms with Crippen molar-refractivity contribution in [1.29, 1.82) is 0 Å². The van der Waals surface area contributed by atoms with E-state index in [0.717, 1.165) is 39.5 Å². The van der Waals surface area contributed by atoms with Gasteiger partial charge in [0, 0.05) is 13.6 Å². The largest absolute Gasteiger partial charge is 0.322 e. The van der Waals surface area contributed by atoms with Gasteiger partial charge in [-0.05, 0) is 32.2 Å². The Morgan fingerprint density at radius 2 is 2.16 bits per heavy atom. The summed E-state index contributed by atoms with van der Waals surface area (Å²) in [4.78, 5) is 13.4. The first kappa shape index (κ1) is 17.7. The summed E-state index contributed by atoms with van der Waals surface area (Å²) >= 11 is 3.02. The van der Waals surface area contributed by atoms with Crippen molar-refractivity contribution in [2.24, 2.45) is 7.05 Å². The van der Waals surface area contributed by atoms with Gasteiger partial charge in [-0.1, -0.05) is 17.8 Å². The average Bonchev–Trinajstić information content (AvgIpc) is 3.29. The lowest BCUT2D eigenvalue weighted by Gasteiger charge is -2.07. The minimum absolute atomic E-state index is 0.0764. The molecule has 7 nitrogen and oxygen atoms in total. The quantitative estimate of drug-likeness (QED) is 0.669. The number of nitrogens with one attached hydrogen (secondary N) is 1. The van der Waals surface area contributed by atoms with Gasteiger partial charge in [0.05, 0.1) is 27.7 Å². The normalized spacial score (nSPS) is 11.0. The van der Waals surface area contributed by atoms with Crippen molar-refractivity contribution in [2.45, 2.75) is 32.5 Å². The molecule has 0 aliphatic carbocycles. The topological polar surface area (TPSA) is 77.6 Å². The predicted molar refractivity (Wildman–Crippen MR) is 101 cm³/mol. The highest BCUT2D eigenvalue weighted by molar-refractivity contribution is 7.99. The molecular formula is C16H20N6OS2. The SMILES string of the molecule is CCn1c(SCC(=O)Nc2c(C)nn(C)c2C)nnc1-c1cccs1. The van der Waals surface area contributed by atoms with Crippen LogP contribution in [0.3, 0.4) is 0 Å². The van der Waals surface area contributed by atoms with Crippen LogP contribution in [-0.2, 0) is 18.4 Å². The van der Waals surface area contributed by atoms with Gasteiger partial charge < -0.3 is 9.88 Å². The molecule has 0 spiro atoms. The van der Waals surface area contributed by atoms with E-state index in [-0.39, 0.29) is 11.7 Å². The third-order valence-corrected chi connectivity index (χ3v) is 5.71. The van der Waals surface area contributed by atoms with Gasteiger partial charge in [0.15, 0.2) is 11.0 Å². The zero-order chi connectivity index (χ0) is 18.0. The molecule has 1 amide bonds. The summed E-state index contributed by atoms with van der Waals surface area (Å²) in [6, 6.07) is 4.02. The molecule has 0 atom stereocenters. The fourth-order valence-electron chi connectivity index (χ4n) is 2.53. The van der Waals surface area contributed by atoms with Crippen LogP contribution >= 0.6 is 23.1 Å². The summed E-state index contributed by atoms with van der Waals surface area (Å²) in [6.07, 6.45) is 0. The van der Waals surface area contributed by atoms with Crippen LogP contribution in [0.1, 0.15) is 18.3 Å². The Morgan fingerprint density at radius 3 is 2.76 bits per heavy atom. The molecule has 0 aliphatic heterocycles. The second-order valence-electron chi connectivity index (χ2n) is 5.53. The maximum atomic E-state index is 12.3. The van der Waals surface area contributed by atoms with Crippen molar-refractivity contribution in [2.75, 3.05) is 11.1 Å². The monoisotopic (exact) mass is 376 g/mol. The molecule has 0 bridgehead atoms. The van der Waals surface area contributed by atoms with Crippen molar-refractivity contribution in [3.8, 4) is 10.7 Å². The third-order valence-electron chi connectivity index (χ3n) is 3.88. The predicted octanol–water partition coefficient (Wildman–Crippen LogP) is 3.11. The van der Waals surface area contributed by atoms with E-state index in [4.69, 9.17) is 0 Å². The first-order valence-electron chi connectivity index (χ1n) is 7.91. The molecule has 132 valence electrons. The van der Waals surface area contributed by atoms with Crippen molar-refractivity contribution >= 4 is 34.7 Å². The first-order chi connectivity index (χ1) is 12.0. The second-order valence-corrected chi connectivity index (χ2v) is 7.42. The lowest BCUT2D eigenvalue weighted by Crippen LogP contribution is -2.15. The molecule has 0 aliphatic rings. The Morgan fingerprint density at radius 1 is 1.36 bits per heavy atom. The number of hydrogen-bond donors (Lipinski definition) is 1. The standard InChI is InChI=1S/C16H20N6OS2/c1-5-22-15(12-7-6-8-24-12)18-19-16(22)25-9-13(23)17-14-10(2)20-21(4)11(14)3/h6-8H,5,9H2,1-4H3,(H,17,23). The molecule has 0 radical (unpaired) electrons. The molecule has 9 heteroatoms. The van der Waals surface area contributed by atoms with Crippen molar-refractivity contribution in [1.82, 2.24) is 24.5 Å². The fraction of sp³-hybridized carbons (Fsp3) is 0.375. The van der Waals surface area contributed by atoms with Gasteiger partial charge in [0.2, 0.25) is 5.91 Å². The van der Waals surface area contributed by atoms with Crippen LogP contribution in [-0.4, -0.2) is 36.2 Å². The van der Waals surface area contributed by atoms with Crippen molar-refractivity contribution in [3.05, 3.63) is 28.9 Å². The number of nitrogens with zero attached hydrogens (tertiary/aromatic N) is 5. The molecule has 0 fully saturated rings. The van der Waals surface area contributed by atoms with E-state index in [0.29, 0.717) is 0 Å². The molecule has 1 N–H and O–H groups in total. The number of rotatable bonds is 6. The summed E-state index contributed by atoms with van der Waals surface area (Å²) < 4.78 is 3.80. The minimum Gasteiger partial charge on any atom is -0.322 e. The van der Waals surface area contributed by atoms with Crippen LogP contribution in [0.4, 0.5) is 5.69 Å². The van der Waals surface area contributed by atoms with E-state index < -0.39 is 0 Å². The zero-order valence-corrected chi connectivity index (χ0v) is 16.2. The maximum absolute atomic E-state index is 12.3. The number of carbonyl (C=O) groups is 1. The maximum Gasteiger partial charge on any atom is 0.234 e. The van der Waals surface area contributed by atoms with Crippen LogP contribution < -0.4 is 5.32 Å². The molecule has 3 heterocycles. The number of carbonyl (C=O) groups excluding carboxylic acids is 1. The van der Waals surface area contributed by atoms with Gasteiger partial charge >= 0.3 is 0 Å². The Kier molecular flexibility index (Phi) is 5.24. The highest BCUT2D eigenvalue weighted by Crippen LogP contribution is 2.27. The third kappa shape index (κ3) is 3.62. The van der Waals surface area contributed by atoms with E-state index in [1.54, 1.807) is 16.0 Å². The molecule has 25 heavy (non-hydrogen) atoms. The summed E-state index contributed by atoms with van der Waals surface area (Å²) in [6.45, 7) is 6.62. The molecular weight excluding hydrogens is 356 g/mol. The van der Waals surface area contributed by atoms with Crippen LogP contribution in [0, 0.1) is 13.8 Å². The fourth-order valence-corrected chi connectivity index (χ4v) is 4.05. The highest BCUT2D eigenvalue weighted by atomic mass is 32.2. The van der Waals surface area contributed by atoms with Gasteiger partial charge in [-0.25, -0.2) is 0 Å². The van der Waals surface area contributed by atoms with E-state index in [1.165, 1.54) is 11.8 Å². The van der Waals surface area contributed by atoms with E-state index in [9.17, 15) is 4.79 Å². The van der Waals surface area contributed by atoms with E-state index >= 15 is 0 Å². The Labute approximate surface area is 154 Å². The van der Waals surface area contributed by atoms with Crippen LogP contribution in [0.15, 0.2) is 22.7 Å². The number of aryl methyl sites for hydroxylation is 2. The number of anilines is 1. The number of thiophene rings is 1. The lowest BCUT2D eigenvalue weighted by molar-refractivity contribution is -0.113. The first-order valence-corrected chi connectivity index (χ1v) is 9.77. The van der Waals surface area contributed by atoms with Crippen molar-refractivity contribution < 1.29 is 4.79 Å². The smallest absolute Gasteiger partial charge is 0.234 e. The van der Waals surface area contributed by atoms with E-state index in [2.05, 4.69) is 20.6 Å². The molecule has 0 unspecified atom stereocenters. The van der Waals surface area contributed by atoms with E-state index in [1.807, 2.05) is 49.9 Å².